The molecule has 1 aromatic heterocycles. The molecule has 0 radical (unpaired) electrons. The summed E-state index contributed by atoms with van der Waals surface area (Å²) in [4.78, 5) is 14.5. The Labute approximate surface area is 127 Å². The normalized spacial score (nSPS) is 17.0. The minimum Gasteiger partial charge on any atom is -0.322 e. The van der Waals surface area contributed by atoms with Crippen molar-refractivity contribution in [3.8, 4) is 0 Å². The third-order valence-electron chi connectivity index (χ3n) is 4.61. The highest BCUT2D eigenvalue weighted by molar-refractivity contribution is 5.93. The highest BCUT2D eigenvalue weighted by Gasteiger charge is 2.20. The highest BCUT2D eigenvalue weighted by atomic mass is 16.2. The summed E-state index contributed by atoms with van der Waals surface area (Å²) in [6.45, 7) is 4.36. The van der Waals surface area contributed by atoms with Crippen LogP contribution in [-0.2, 0) is 11.8 Å². The molecule has 0 aliphatic heterocycles. The second-order valence-electron chi connectivity index (χ2n) is 6.28. The first-order valence-corrected chi connectivity index (χ1v) is 7.99. The van der Waals surface area contributed by atoms with Crippen LogP contribution in [-0.4, -0.2) is 40.2 Å². The van der Waals surface area contributed by atoms with Gasteiger partial charge in [-0.25, -0.2) is 0 Å². The van der Waals surface area contributed by atoms with Crippen molar-refractivity contribution in [2.45, 2.75) is 58.4 Å². The number of anilines is 1. The van der Waals surface area contributed by atoms with E-state index in [-0.39, 0.29) is 5.91 Å². The van der Waals surface area contributed by atoms with E-state index in [9.17, 15) is 4.79 Å². The van der Waals surface area contributed by atoms with Crippen LogP contribution in [0.3, 0.4) is 0 Å². The molecule has 1 aliphatic carbocycles. The Balaban J connectivity index is 1.91. The summed E-state index contributed by atoms with van der Waals surface area (Å²) >= 11 is 0. The SMILES string of the molecule is Cc1nn(C)c(C)c1NC(=O)CN(C)C1CCCCCC1. The van der Waals surface area contributed by atoms with E-state index < -0.39 is 0 Å². The third kappa shape index (κ3) is 4.06. The Hall–Kier alpha value is -1.36. The van der Waals surface area contributed by atoms with Gasteiger partial charge in [0.1, 0.15) is 0 Å². The van der Waals surface area contributed by atoms with Crippen molar-refractivity contribution in [3.05, 3.63) is 11.4 Å². The zero-order valence-corrected chi connectivity index (χ0v) is 13.8. The average Bonchev–Trinajstić information content (AvgIpc) is 2.68. The number of nitrogens with one attached hydrogen (secondary N) is 1. The van der Waals surface area contributed by atoms with Crippen molar-refractivity contribution < 1.29 is 4.79 Å². The Morgan fingerprint density at radius 2 is 1.90 bits per heavy atom. The summed E-state index contributed by atoms with van der Waals surface area (Å²) < 4.78 is 1.81. The maximum Gasteiger partial charge on any atom is 0.238 e. The lowest BCUT2D eigenvalue weighted by atomic mass is 10.1. The fourth-order valence-electron chi connectivity index (χ4n) is 3.19. The lowest BCUT2D eigenvalue weighted by Crippen LogP contribution is -2.37. The number of aromatic nitrogens is 2. The number of hydrogen-bond donors (Lipinski definition) is 1. The van der Waals surface area contributed by atoms with Crippen LogP contribution in [0.25, 0.3) is 0 Å². The smallest absolute Gasteiger partial charge is 0.238 e. The van der Waals surface area contributed by atoms with Gasteiger partial charge in [0.25, 0.3) is 0 Å². The Kier molecular flexibility index (Phi) is 5.39. The topological polar surface area (TPSA) is 50.2 Å². The first-order valence-electron chi connectivity index (χ1n) is 7.99. The second kappa shape index (κ2) is 7.07. The van der Waals surface area contributed by atoms with E-state index in [1.807, 2.05) is 20.9 Å². The van der Waals surface area contributed by atoms with Crippen molar-refractivity contribution >= 4 is 11.6 Å². The van der Waals surface area contributed by atoms with Crippen molar-refractivity contribution in [1.29, 1.82) is 0 Å². The number of carbonyl (C=O) groups excluding carboxylic acids is 1. The van der Waals surface area contributed by atoms with E-state index in [1.54, 1.807) is 4.68 Å². The minimum atomic E-state index is 0.0564. The lowest BCUT2D eigenvalue weighted by Gasteiger charge is -2.26. The molecule has 5 heteroatoms. The largest absolute Gasteiger partial charge is 0.322 e. The Bertz CT molecular complexity index is 487. The molecule has 2 rings (SSSR count). The zero-order chi connectivity index (χ0) is 15.4. The molecule has 1 aromatic rings. The first-order chi connectivity index (χ1) is 9.99. The van der Waals surface area contributed by atoms with Gasteiger partial charge in [0.05, 0.1) is 23.6 Å². The van der Waals surface area contributed by atoms with E-state index in [0.717, 1.165) is 17.1 Å². The minimum absolute atomic E-state index is 0.0564. The van der Waals surface area contributed by atoms with Crippen molar-refractivity contribution in [2.75, 3.05) is 18.9 Å². The molecule has 1 heterocycles. The number of hydrogen-bond acceptors (Lipinski definition) is 3. The van der Waals surface area contributed by atoms with Gasteiger partial charge >= 0.3 is 0 Å². The van der Waals surface area contributed by atoms with E-state index in [1.165, 1.54) is 38.5 Å². The monoisotopic (exact) mass is 292 g/mol. The van der Waals surface area contributed by atoms with Crippen LogP contribution in [0.4, 0.5) is 5.69 Å². The highest BCUT2D eigenvalue weighted by Crippen LogP contribution is 2.21. The van der Waals surface area contributed by atoms with E-state index >= 15 is 0 Å². The predicted octanol–water partition coefficient (Wildman–Crippen LogP) is 2.63. The van der Waals surface area contributed by atoms with Crippen LogP contribution in [0.2, 0.25) is 0 Å². The molecule has 21 heavy (non-hydrogen) atoms. The summed E-state index contributed by atoms with van der Waals surface area (Å²) in [5.74, 6) is 0.0564. The maximum atomic E-state index is 12.3. The molecule has 5 nitrogen and oxygen atoms in total. The van der Waals surface area contributed by atoms with Crippen LogP contribution < -0.4 is 5.32 Å². The van der Waals surface area contributed by atoms with Gasteiger partial charge in [-0.2, -0.15) is 5.10 Å². The van der Waals surface area contributed by atoms with Crippen molar-refractivity contribution in [3.63, 3.8) is 0 Å². The molecule has 0 spiro atoms. The number of carbonyl (C=O) groups is 1. The molecule has 1 aliphatic rings. The van der Waals surface area contributed by atoms with Gasteiger partial charge in [0.15, 0.2) is 0 Å². The van der Waals surface area contributed by atoms with Crippen LogP contribution in [0.15, 0.2) is 0 Å². The third-order valence-corrected chi connectivity index (χ3v) is 4.61. The Morgan fingerprint density at radius 3 is 2.43 bits per heavy atom. The molecule has 0 bridgehead atoms. The van der Waals surface area contributed by atoms with Crippen LogP contribution in [0.1, 0.15) is 49.9 Å². The van der Waals surface area contributed by atoms with E-state index in [2.05, 4.69) is 22.4 Å². The van der Waals surface area contributed by atoms with Crippen LogP contribution >= 0.6 is 0 Å². The molecule has 1 N–H and O–H groups in total. The summed E-state index contributed by atoms with van der Waals surface area (Å²) in [6.07, 6.45) is 7.69. The molecule has 1 saturated carbocycles. The zero-order valence-electron chi connectivity index (χ0n) is 13.8. The van der Waals surface area contributed by atoms with Crippen LogP contribution in [0, 0.1) is 13.8 Å². The summed E-state index contributed by atoms with van der Waals surface area (Å²) in [5.41, 5.74) is 2.73. The molecular weight excluding hydrogens is 264 g/mol. The molecule has 0 unspecified atom stereocenters. The van der Waals surface area contributed by atoms with E-state index in [4.69, 9.17) is 0 Å². The number of amides is 1. The molecule has 0 aromatic carbocycles. The summed E-state index contributed by atoms with van der Waals surface area (Å²) in [5, 5.41) is 7.35. The quantitative estimate of drug-likeness (QED) is 0.868. The van der Waals surface area contributed by atoms with Gasteiger partial charge in [0, 0.05) is 13.1 Å². The lowest BCUT2D eigenvalue weighted by molar-refractivity contribution is -0.117. The number of likely N-dealkylation sites (N-methyl/N-ethyl adjacent to an activating group) is 1. The second-order valence-corrected chi connectivity index (χ2v) is 6.28. The van der Waals surface area contributed by atoms with Gasteiger partial charge in [-0.3, -0.25) is 14.4 Å². The number of rotatable bonds is 4. The maximum absolute atomic E-state index is 12.3. The molecule has 1 fully saturated rings. The fraction of sp³-hybridized carbons (Fsp3) is 0.750. The first kappa shape index (κ1) is 16.0. The van der Waals surface area contributed by atoms with Crippen molar-refractivity contribution in [1.82, 2.24) is 14.7 Å². The molecular formula is C16H28N4O. The molecule has 0 atom stereocenters. The predicted molar refractivity (Wildman–Crippen MR) is 85.4 cm³/mol. The number of nitrogens with zero attached hydrogens (tertiary/aromatic N) is 3. The molecule has 0 saturated heterocycles. The standard InChI is InChI=1S/C16H28N4O/c1-12-16(13(2)20(4)18-12)17-15(21)11-19(3)14-9-7-5-6-8-10-14/h14H,5-11H2,1-4H3,(H,17,21). The van der Waals surface area contributed by atoms with Gasteiger partial charge in [-0.05, 0) is 33.7 Å². The average molecular weight is 292 g/mol. The summed E-state index contributed by atoms with van der Waals surface area (Å²) in [7, 11) is 3.97. The molecule has 118 valence electrons. The van der Waals surface area contributed by atoms with Crippen LogP contribution in [0.5, 0.6) is 0 Å². The van der Waals surface area contributed by atoms with E-state index in [0.29, 0.717) is 12.6 Å². The fourth-order valence-corrected chi connectivity index (χ4v) is 3.19. The number of aryl methyl sites for hydroxylation is 2. The molecule has 1 amide bonds. The van der Waals surface area contributed by atoms with Gasteiger partial charge in [-0.1, -0.05) is 25.7 Å². The van der Waals surface area contributed by atoms with Crippen molar-refractivity contribution in [2.24, 2.45) is 7.05 Å². The Morgan fingerprint density at radius 1 is 1.29 bits per heavy atom. The summed E-state index contributed by atoms with van der Waals surface area (Å²) in [6, 6.07) is 0.550. The van der Waals surface area contributed by atoms with Gasteiger partial charge in [0.2, 0.25) is 5.91 Å². The van der Waals surface area contributed by atoms with Gasteiger partial charge in [-0.15, -0.1) is 0 Å². The van der Waals surface area contributed by atoms with Gasteiger partial charge < -0.3 is 5.32 Å².